The Morgan fingerprint density at radius 2 is 1.74 bits per heavy atom. The highest BCUT2D eigenvalue weighted by Gasteiger charge is 2.19. The molecule has 27 heavy (non-hydrogen) atoms. The third-order valence-corrected chi connectivity index (χ3v) is 4.76. The van der Waals surface area contributed by atoms with Crippen molar-refractivity contribution in [3.05, 3.63) is 59.7 Å². The number of ether oxygens (including phenoxy) is 1. The molecule has 1 aliphatic heterocycles. The fraction of sp³-hybridized carbons (Fsp3) is 0.364. The molecule has 1 atom stereocenters. The molecule has 5 nitrogen and oxygen atoms in total. The zero-order chi connectivity index (χ0) is 19.2. The van der Waals surface area contributed by atoms with Crippen molar-refractivity contribution in [2.75, 3.05) is 23.3 Å². The molecule has 0 spiro atoms. The standard InChI is InChI=1S/C22H26N2O3/c1-16-7-6-8-18(15-16)22(26)27-17(2)21(25)23-19-9-11-20(12-10-19)24-13-4-3-5-14-24/h6-12,15,17H,3-5,13-14H2,1-2H3,(H,23,25)/t17-/m1/s1. The van der Waals surface area contributed by atoms with E-state index >= 15 is 0 Å². The number of carbonyl (C=O) groups excluding carboxylic acids is 2. The van der Waals surface area contributed by atoms with Crippen molar-refractivity contribution < 1.29 is 14.3 Å². The fourth-order valence-electron chi connectivity index (χ4n) is 3.21. The van der Waals surface area contributed by atoms with Gasteiger partial charge in [0.15, 0.2) is 6.10 Å². The number of rotatable bonds is 5. The summed E-state index contributed by atoms with van der Waals surface area (Å²) < 4.78 is 5.29. The van der Waals surface area contributed by atoms with Gasteiger partial charge in [-0.15, -0.1) is 0 Å². The van der Waals surface area contributed by atoms with Crippen molar-refractivity contribution in [2.45, 2.75) is 39.2 Å². The highest BCUT2D eigenvalue weighted by atomic mass is 16.5. The molecule has 3 rings (SSSR count). The van der Waals surface area contributed by atoms with E-state index in [0.717, 1.165) is 18.7 Å². The van der Waals surface area contributed by atoms with E-state index in [1.807, 2.05) is 37.3 Å². The van der Waals surface area contributed by atoms with Crippen molar-refractivity contribution in [1.82, 2.24) is 0 Å². The minimum absolute atomic E-state index is 0.346. The molecule has 1 amide bonds. The Kier molecular flexibility index (Phi) is 6.12. The van der Waals surface area contributed by atoms with Crippen LogP contribution in [0.3, 0.4) is 0 Å². The lowest BCUT2D eigenvalue weighted by Gasteiger charge is -2.28. The van der Waals surface area contributed by atoms with Crippen molar-refractivity contribution in [3.63, 3.8) is 0 Å². The van der Waals surface area contributed by atoms with Crippen LogP contribution in [-0.2, 0) is 9.53 Å². The SMILES string of the molecule is Cc1cccc(C(=O)O[C@H](C)C(=O)Nc2ccc(N3CCCCC3)cc2)c1. The second-order valence-corrected chi connectivity index (χ2v) is 7.00. The highest BCUT2D eigenvalue weighted by Crippen LogP contribution is 2.22. The second-order valence-electron chi connectivity index (χ2n) is 7.00. The Morgan fingerprint density at radius 3 is 2.41 bits per heavy atom. The number of esters is 1. The van der Waals surface area contributed by atoms with Gasteiger partial charge in [0.1, 0.15) is 0 Å². The Labute approximate surface area is 160 Å². The minimum Gasteiger partial charge on any atom is -0.449 e. The number of piperidine rings is 1. The number of aryl methyl sites for hydroxylation is 1. The topological polar surface area (TPSA) is 58.6 Å². The predicted octanol–water partition coefficient (Wildman–Crippen LogP) is 4.17. The van der Waals surface area contributed by atoms with E-state index in [1.54, 1.807) is 25.1 Å². The highest BCUT2D eigenvalue weighted by molar-refractivity contribution is 5.97. The maximum atomic E-state index is 12.3. The number of amides is 1. The predicted molar refractivity (Wildman–Crippen MR) is 107 cm³/mol. The fourth-order valence-corrected chi connectivity index (χ4v) is 3.21. The summed E-state index contributed by atoms with van der Waals surface area (Å²) >= 11 is 0. The quantitative estimate of drug-likeness (QED) is 0.807. The zero-order valence-corrected chi connectivity index (χ0v) is 15.9. The summed E-state index contributed by atoms with van der Waals surface area (Å²) in [6.07, 6.45) is 2.87. The van der Waals surface area contributed by atoms with Crippen LogP contribution in [0.5, 0.6) is 0 Å². The summed E-state index contributed by atoms with van der Waals surface area (Å²) in [5.74, 6) is -0.844. The summed E-state index contributed by atoms with van der Waals surface area (Å²) in [4.78, 5) is 26.9. The summed E-state index contributed by atoms with van der Waals surface area (Å²) in [6, 6.07) is 14.9. The summed E-state index contributed by atoms with van der Waals surface area (Å²) in [5.41, 5.74) is 3.28. The van der Waals surface area contributed by atoms with Gasteiger partial charge < -0.3 is 15.0 Å². The van der Waals surface area contributed by atoms with Crippen molar-refractivity contribution in [2.24, 2.45) is 0 Å². The third-order valence-electron chi connectivity index (χ3n) is 4.76. The number of carbonyl (C=O) groups is 2. The first-order valence-electron chi connectivity index (χ1n) is 9.46. The Hall–Kier alpha value is -2.82. The lowest BCUT2D eigenvalue weighted by Crippen LogP contribution is -2.30. The van der Waals surface area contributed by atoms with E-state index in [-0.39, 0.29) is 5.91 Å². The molecular formula is C22H26N2O3. The first-order chi connectivity index (χ1) is 13.0. The molecule has 0 aromatic heterocycles. The summed E-state index contributed by atoms with van der Waals surface area (Å²) in [5, 5.41) is 2.81. The first-order valence-corrected chi connectivity index (χ1v) is 9.46. The zero-order valence-electron chi connectivity index (χ0n) is 15.9. The monoisotopic (exact) mass is 366 g/mol. The first kappa shape index (κ1) is 19.0. The molecule has 1 N–H and O–H groups in total. The maximum Gasteiger partial charge on any atom is 0.338 e. The van der Waals surface area contributed by atoms with Gasteiger partial charge in [-0.2, -0.15) is 0 Å². The Bertz CT molecular complexity index is 795. The molecule has 2 aromatic carbocycles. The molecular weight excluding hydrogens is 340 g/mol. The van der Waals surface area contributed by atoms with Crippen LogP contribution in [-0.4, -0.2) is 31.1 Å². The van der Waals surface area contributed by atoms with Gasteiger partial charge in [-0.3, -0.25) is 4.79 Å². The summed E-state index contributed by atoms with van der Waals surface area (Å²) in [7, 11) is 0. The molecule has 2 aromatic rings. The van der Waals surface area contributed by atoms with E-state index in [1.165, 1.54) is 24.9 Å². The van der Waals surface area contributed by atoms with Crippen LogP contribution < -0.4 is 10.2 Å². The van der Waals surface area contributed by atoms with E-state index in [4.69, 9.17) is 4.74 Å². The second kappa shape index (κ2) is 8.71. The molecule has 1 saturated heterocycles. The average molecular weight is 366 g/mol. The lowest BCUT2D eigenvalue weighted by molar-refractivity contribution is -0.123. The largest absolute Gasteiger partial charge is 0.449 e. The maximum absolute atomic E-state index is 12.3. The van der Waals surface area contributed by atoms with Crippen LogP contribution >= 0.6 is 0 Å². The van der Waals surface area contributed by atoms with E-state index in [2.05, 4.69) is 10.2 Å². The van der Waals surface area contributed by atoms with Crippen LogP contribution in [0, 0.1) is 6.92 Å². The van der Waals surface area contributed by atoms with Crippen LogP contribution in [0.4, 0.5) is 11.4 Å². The number of hydrogen-bond acceptors (Lipinski definition) is 4. The van der Waals surface area contributed by atoms with Gasteiger partial charge in [0.2, 0.25) is 0 Å². The van der Waals surface area contributed by atoms with Crippen LogP contribution in [0.2, 0.25) is 0 Å². The number of anilines is 2. The molecule has 1 aliphatic rings. The van der Waals surface area contributed by atoms with E-state index < -0.39 is 12.1 Å². The lowest BCUT2D eigenvalue weighted by atomic mass is 10.1. The minimum atomic E-state index is -0.875. The molecule has 142 valence electrons. The number of nitrogens with zero attached hydrogens (tertiary/aromatic N) is 1. The smallest absolute Gasteiger partial charge is 0.338 e. The molecule has 5 heteroatoms. The molecule has 0 saturated carbocycles. The van der Waals surface area contributed by atoms with Gasteiger partial charge in [0, 0.05) is 24.5 Å². The van der Waals surface area contributed by atoms with Crippen LogP contribution in [0.25, 0.3) is 0 Å². The normalized spacial score (nSPS) is 15.1. The van der Waals surface area contributed by atoms with Gasteiger partial charge in [0.05, 0.1) is 5.56 Å². The van der Waals surface area contributed by atoms with E-state index in [0.29, 0.717) is 11.3 Å². The number of benzene rings is 2. The molecule has 0 aliphatic carbocycles. The van der Waals surface area contributed by atoms with Gasteiger partial charge in [0.25, 0.3) is 5.91 Å². The average Bonchev–Trinajstić information content (AvgIpc) is 2.69. The number of hydrogen-bond donors (Lipinski definition) is 1. The molecule has 0 radical (unpaired) electrons. The van der Waals surface area contributed by atoms with Gasteiger partial charge in [-0.1, -0.05) is 17.7 Å². The van der Waals surface area contributed by atoms with Crippen LogP contribution in [0.15, 0.2) is 48.5 Å². The van der Waals surface area contributed by atoms with Gasteiger partial charge in [-0.25, -0.2) is 4.79 Å². The van der Waals surface area contributed by atoms with Gasteiger partial charge >= 0.3 is 5.97 Å². The molecule has 1 fully saturated rings. The van der Waals surface area contributed by atoms with Gasteiger partial charge in [-0.05, 0) is 69.5 Å². The third kappa shape index (κ3) is 5.09. The molecule has 0 bridgehead atoms. The van der Waals surface area contributed by atoms with Crippen molar-refractivity contribution >= 4 is 23.3 Å². The summed E-state index contributed by atoms with van der Waals surface area (Å²) in [6.45, 7) is 5.64. The Morgan fingerprint density at radius 1 is 1.04 bits per heavy atom. The van der Waals surface area contributed by atoms with Crippen molar-refractivity contribution in [1.29, 1.82) is 0 Å². The van der Waals surface area contributed by atoms with Crippen LogP contribution in [0.1, 0.15) is 42.1 Å². The molecule has 1 heterocycles. The number of nitrogens with one attached hydrogen (secondary N) is 1. The molecule has 0 unspecified atom stereocenters. The Balaban J connectivity index is 1.55. The van der Waals surface area contributed by atoms with Crippen molar-refractivity contribution in [3.8, 4) is 0 Å². The van der Waals surface area contributed by atoms with E-state index in [9.17, 15) is 9.59 Å².